The molecule has 4 aliphatic carbocycles. The van der Waals surface area contributed by atoms with Crippen molar-refractivity contribution in [3.05, 3.63) is 29.8 Å². The predicted octanol–water partition coefficient (Wildman–Crippen LogP) is 2.54. The monoisotopic (exact) mass is 399 g/mol. The summed E-state index contributed by atoms with van der Waals surface area (Å²) < 4.78 is 29.6. The van der Waals surface area contributed by atoms with Gasteiger partial charge in [0.25, 0.3) is 10.0 Å². The number of sulfonamides is 1. The maximum absolute atomic E-state index is 12.8. The number of benzene rings is 1. The van der Waals surface area contributed by atoms with E-state index in [0.29, 0.717) is 23.3 Å². The third-order valence-corrected chi connectivity index (χ3v) is 7.47. The van der Waals surface area contributed by atoms with Crippen LogP contribution in [-0.2, 0) is 10.0 Å². The van der Waals surface area contributed by atoms with Crippen LogP contribution in [0, 0.1) is 29.1 Å². The van der Waals surface area contributed by atoms with Crippen LogP contribution in [-0.4, -0.2) is 25.8 Å². The molecule has 4 fully saturated rings. The highest BCUT2D eigenvalue weighted by atomic mass is 32.2. The predicted molar refractivity (Wildman–Crippen MR) is 107 cm³/mol. The summed E-state index contributed by atoms with van der Waals surface area (Å²) in [7, 11) is -3.96. The van der Waals surface area contributed by atoms with Crippen LogP contribution >= 0.6 is 0 Å². The van der Waals surface area contributed by atoms with Crippen LogP contribution in [0.25, 0.3) is 0 Å². The summed E-state index contributed by atoms with van der Waals surface area (Å²) >= 11 is 0. The van der Waals surface area contributed by atoms with Gasteiger partial charge in [0.1, 0.15) is 0 Å². The lowest BCUT2D eigenvalue weighted by Crippen LogP contribution is -2.59. The summed E-state index contributed by atoms with van der Waals surface area (Å²) in [6.07, 6.45) is 6.97. The maximum atomic E-state index is 12.8. The van der Waals surface area contributed by atoms with Crippen molar-refractivity contribution in [1.29, 1.82) is 5.26 Å². The first kappa shape index (κ1) is 18.9. The lowest BCUT2D eigenvalue weighted by molar-refractivity contribution is -0.0101. The Morgan fingerprint density at radius 1 is 1.14 bits per heavy atom. The van der Waals surface area contributed by atoms with Crippen molar-refractivity contribution in [2.75, 3.05) is 0 Å². The smallest absolute Gasteiger partial charge is 0.285 e. The van der Waals surface area contributed by atoms with E-state index in [2.05, 4.69) is 14.7 Å². The number of nitriles is 1. The van der Waals surface area contributed by atoms with Crippen LogP contribution in [0.5, 0.6) is 0 Å². The minimum Gasteiger partial charge on any atom is -0.387 e. The van der Waals surface area contributed by atoms with E-state index in [1.807, 2.05) is 6.07 Å². The average Bonchev–Trinajstić information content (AvgIpc) is 2.59. The number of hydrogen-bond acceptors (Lipinski definition) is 3. The molecule has 4 aliphatic rings. The van der Waals surface area contributed by atoms with E-state index in [4.69, 9.17) is 11.0 Å². The molecule has 7 nitrogen and oxygen atoms in total. The Morgan fingerprint density at radius 2 is 1.68 bits per heavy atom. The summed E-state index contributed by atoms with van der Waals surface area (Å²) in [5.74, 6) is 2.44. The fourth-order valence-electron chi connectivity index (χ4n) is 5.61. The molecule has 8 heteroatoms. The van der Waals surface area contributed by atoms with Crippen molar-refractivity contribution >= 4 is 21.8 Å². The van der Waals surface area contributed by atoms with Gasteiger partial charge in [-0.2, -0.15) is 13.7 Å². The van der Waals surface area contributed by atoms with E-state index in [-0.39, 0.29) is 22.2 Å². The summed E-state index contributed by atoms with van der Waals surface area (Å²) in [6, 6.07) is 7.68. The molecule has 0 spiro atoms. The third-order valence-electron chi connectivity index (χ3n) is 6.19. The summed E-state index contributed by atoms with van der Waals surface area (Å²) in [4.78, 5) is 4.23. The number of guanidine groups is 1. The van der Waals surface area contributed by atoms with Crippen molar-refractivity contribution in [3.8, 4) is 6.07 Å². The van der Waals surface area contributed by atoms with E-state index in [9.17, 15) is 8.42 Å². The number of nitrogens with zero attached hydrogens (tertiary/aromatic N) is 3. The minimum absolute atomic E-state index is 0.0289. The molecule has 0 saturated heterocycles. The first-order valence-electron chi connectivity index (χ1n) is 9.71. The second-order valence-corrected chi connectivity index (χ2v) is 10.2. The van der Waals surface area contributed by atoms with Gasteiger partial charge >= 0.3 is 0 Å². The molecular formula is C20H25N5O2S. The van der Waals surface area contributed by atoms with Gasteiger partial charge in [-0.05, 0) is 87.5 Å². The van der Waals surface area contributed by atoms with Gasteiger partial charge in [-0.1, -0.05) is 0 Å². The zero-order valence-electron chi connectivity index (χ0n) is 15.9. The Morgan fingerprint density at radius 3 is 2.14 bits per heavy atom. The van der Waals surface area contributed by atoms with Gasteiger partial charge in [-0.25, -0.2) is 4.99 Å². The van der Waals surface area contributed by atoms with Gasteiger partial charge in [0.05, 0.1) is 22.4 Å². The molecule has 0 aromatic heterocycles. The van der Waals surface area contributed by atoms with Crippen LogP contribution in [0.15, 0.2) is 38.6 Å². The van der Waals surface area contributed by atoms with E-state index >= 15 is 0 Å². The third kappa shape index (κ3) is 3.76. The summed E-state index contributed by atoms with van der Waals surface area (Å²) in [5.41, 5.74) is 6.02. The number of hydrogen-bond donors (Lipinski definition) is 2. The van der Waals surface area contributed by atoms with Crippen molar-refractivity contribution in [1.82, 2.24) is 5.32 Å². The lowest BCUT2D eigenvalue weighted by atomic mass is 9.53. The zero-order valence-corrected chi connectivity index (χ0v) is 16.7. The van der Waals surface area contributed by atoms with Crippen LogP contribution < -0.4 is 11.1 Å². The molecule has 5 rings (SSSR count). The van der Waals surface area contributed by atoms with Crippen LogP contribution in [0.4, 0.5) is 0 Å². The molecule has 0 unspecified atom stereocenters. The Balaban J connectivity index is 1.64. The van der Waals surface area contributed by atoms with Crippen molar-refractivity contribution in [2.45, 2.75) is 55.9 Å². The number of nitrogens with one attached hydrogen (secondary N) is 1. The fraction of sp³-hybridized carbons (Fsp3) is 0.550. The summed E-state index contributed by atoms with van der Waals surface area (Å²) in [6.45, 7) is 1.62. The van der Waals surface area contributed by atoms with Gasteiger partial charge in [-0.3, -0.25) is 0 Å². The second kappa shape index (κ2) is 6.89. The molecule has 0 atom stereocenters. The molecular weight excluding hydrogens is 374 g/mol. The Hall–Kier alpha value is -2.40. The Kier molecular flexibility index (Phi) is 4.66. The van der Waals surface area contributed by atoms with Gasteiger partial charge in [0, 0.05) is 5.54 Å². The molecule has 0 amide bonds. The van der Waals surface area contributed by atoms with Crippen LogP contribution in [0.3, 0.4) is 0 Å². The quantitative estimate of drug-likeness (QED) is 0.598. The normalized spacial score (nSPS) is 32.2. The average molecular weight is 400 g/mol. The molecule has 4 saturated carbocycles. The van der Waals surface area contributed by atoms with Crippen LogP contribution in [0.2, 0.25) is 0 Å². The SMILES string of the molecule is C/C(N)=N/C(=N\S(=O)(=O)c1ccc(C#N)cc1)NC12CC3CC(CC(C3)C1)C2. The highest BCUT2D eigenvalue weighted by Crippen LogP contribution is 2.55. The number of rotatable bonds is 3. The van der Waals surface area contributed by atoms with E-state index < -0.39 is 10.0 Å². The first-order chi connectivity index (χ1) is 13.3. The number of aliphatic imine (C=N–C) groups is 1. The van der Waals surface area contributed by atoms with Gasteiger partial charge in [0.2, 0.25) is 5.96 Å². The second-order valence-electron chi connectivity index (χ2n) is 8.60. The minimum atomic E-state index is -3.96. The fourth-order valence-corrected chi connectivity index (χ4v) is 6.51. The van der Waals surface area contributed by atoms with Gasteiger partial charge in [-0.15, -0.1) is 4.40 Å². The Labute approximate surface area is 165 Å². The topological polar surface area (TPSA) is 121 Å². The highest BCUT2D eigenvalue weighted by molar-refractivity contribution is 7.90. The van der Waals surface area contributed by atoms with Crippen LogP contribution in [0.1, 0.15) is 51.0 Å². The highest BCUT2D eigenvalue weighted by Gasteiger charge is 2.51. The van der Waals surface area contributed by atoms with Gasteiger partial charge in [0.15, 0.2) is 0 Å². The zero-order chi connectivity index (χ0) is 19.9. The maximum Gasteiger partial charge on any atom is 0.285 e. The molecule has 1 aromatic carbocycles. The van der Waals surface area contributed by atoms with Crippen molar-refractivity contribution in [2.24, 2.45) is 32.9 Å². The molecule has 1 aromatic rings. The molecule has 28 heavy (non-hydrogen) atoms. The summed E-state index contributed by atoms with van der Waals surface area (Å²) in [5, 5.41) is 12.3. The molecule has 0 radical (unpaired) electrons. The van der Waals surface area contributed by atoms with E-state index in [1.54, 1.807) is 6.92 Å². The standard InChI is InChI=1S/C20H25N5O2S/c1-13(22)23-19(25-28(26,27)18-4-2-14(12-21)3-5-18)24-20-9-15-6-16(10-20)8-17(7-15)11-20/h2-5,15-17H,6-11H2,1H3,(H3,22,23,24,25). The molecule has 4 bridgehead atoms. The molecule has 0 aliphatic heterocycles. The molecule has 0 heterocycles. The van der Waals surface area contributed by atoms with Crippen molar-refractivity contribution in [3.63, 3.8) is 0 Å². The molecule has 3 N–H and O–H groups in total. The lowest BCUT2D eigenvalue weighted by Gasteiger charge is -2.57. The van der Waals surface area contributed by atoms with E-state index in [0.717, 1.165) is 19.3 Å². The largest absolute Gasteiger partial charge is 0.387 e. The molecule has 148 valence electrons. The Bertz CT molecular complexity index is 934. The van der Waals surface area contributed by atoms with Crippen molar-refractivity contribution < 1.29 is 8.42 Å². The number of amidine groups is 1. The van der Waals surface area contributed by atoms with E-state index in [1.165, 1.54) is 43.5 Å². The van der Waals surface area contributed by atoms with Gasteiger partial charge < -0.3 is 11.1 Å². The number of nitrogens with two attached hydrogens (primary N) is 1. The first-order valence-corrected chi connectivity index (χ1v) is 11.1.